The van der Waals surface area contributed by atoms with Crippen molar-refractivity contribution in [3.05, 3.63) is 35.9 Å². The molecular weight excluding hydrogens is 320 g/mol. The first-order valence-electron chi connectivity index (χ1n) is 7.94. The van der Waals surface area contributed by atoms with Crippen LogP contribution < -0.4 is 0 Å². The highest BCUT2D eigenvalue weighted by Gasteiger charge is 2.57. The van der Waals surface area contributed by atoms with Gasteiger partial charge in [0.1, 0.15) is 6.61 Å². The zero-order chi connectivity index (χ0) is 17.3. The van der Waals surface area contributed by atoms with Gasteiger partial charge in [0.05, 0.1) is 5.92 Å². The van der Waals surface area contributed by atoms with Crippen molar-refractivity contribution in [1.82, 2.24) is 4.90 Å². The summed E-state index contributed by atoms with van der Waals surface area (Å²) >= 11 is 0. The minimum Gasteiger partial charge on any atom is -0.481 e. The van der Waals surface area contributed by atoms with Crippen molar-refractivity contribution in [2.45, 2.75) is 25.4 Å². The van der Waals surface area contributed by atoms with Crippen LogP contribution in [0.2, 0.25) is 0 Å². The van der Waals surface area contributed by atoms with Crippen LogP contribution in [0.1, 0.15) is 18.4 Å². The molecule has 1 aliphatic carbocycles. The Morgan fingerprint density at radius 3 is 2.29 bits per heavy atom. The molecular formula is C17H19F2NO4. The Morgan fingerprint density at radius 1 is 1.17 bits per heavy atom. The van der Waals surface area contributed by atoms with E-state index in [9.17, 15) is 18.4 Å². The summed E-state index contributed by atoms with van der Waals surface area (Å²) in [6.07, 6.45) is -0.846. The van der Waals surface area contributed by atoms with Gasteiger partial charge in [-0.25, -0.2) is 13.6 Å². The van der Waals surface area contributed by atoms with Crippen LogP contribution in [0, 0.1) is 17.8 Å². The number of alkyl halides is 2. The molecule has 2 aliphatic rings. The number of carboxylic acid groups (broad SMARTS) is 1. The first-order chi connectivity index (χ1) is 11.4. The number of carbonyl (C=O) groups is 2. The van der Waals surface area contributed by atoms with Crippen molar-refractivity contribution in [2.75, 3.05) is 13.1 Å². The van der Waals surface area contributed by atoms with Crippen molar-refractivity contribution in [2.24, 2.45) is 17.8 Å². The lowest BCUT2D eigenvalue weighted by atomic mass is 9.69. The number of ether oxygens (including phenoxy) is 1. The topological polar surface area (TPSA) is 66.8 Å². The van der Waals surface area contributed by atoms with Crippen LogP contribution in [0.3, 0.4) is 0 Å². The van der Waals surface area contributed by atoms with Crippen molar-refractivity contribution < 1.29 is 28.2 Å². The van der Waals surface area contributed by atoms with Crippen molar-refractivity contribution >= 4 is 12.1 Å². The molecule has 7 heteroatoms. The minimum absolute atomic E-state index is 0.0830. The van der Waals surface area contributed by atoms with Gasteiger partial charge in [-0.1, -0.05) is 30.3 Å². The molecule has 24 heavy (non-hydrogen) atoms. The lowest BCUT2D eigenvalue weighted by Crippen LogP contribution is -2.59. The third kappa shape index (κ3) is 3.20. The smallest absolute Gasteiger partial charge is 0.410 e. The van der Waals surface area contributed by atoms with E-state index in [0.717, 1.165) is 5.56 Å². The predicted molar refractivity (Wildman–Crippen MR) is 80.5 cm³/mol. The molecule has 2 fully saturated rings. The number of rotatable bonds is 3. The highest BCUT2D eigenvalue weighted by Crippen LogP contribution is 2.48. The number of halogens is 2. The standard InChI is InChI=1S/C17H19F2NO4/c18-17(19)13-6-12(15(21)22)7-14(17)9-20(8-13)16(23)24-10-11-4-2-1-3-5-11/h1-5,12-14H,6-10H2,(H,21,22). The van der Waals surface area contributed by atoms with Crippen LogP contribution in [0.4, 0.5) is 13.6 Å². The van der Waals surface area contributed by atoms with Crippen molar-refractivity contribution in [1.29, 1.82) is 0 Å². The molecule has 2 atom stereocenters. The number of benzene rings is 1. The summed E-state index contributed by atoms with van der Waals surface area (Å²) < 4.78 is 33.7. The molecule has 0 aromatic heterocycles. The molecule has 0 radical (unpaired) electrons. The second-order valence-corrected chi connectivity index (χ2v) is 6.52. The SMILES string of the molecule is O=C(O)C1CC2CN(C(=O)OCc3ccccc3)CC(C1)C2(F)F. The third-order valence-electron chi connectivity index (χ3n) is 4.92. The van der Waals surface area contributed by atoms with Crippen LogP contribution >= 0.6 is 0 Å². The van der Waals surface area contributed by atoms with Gasteiger partial charge in [0.15, 0.2) is 0 Å². The van der Waals surface area contributed by atoms with E-state index in [2.05, 4.69) is 0 Å². The van der Waals surface area contributed by atoms with Gasteiger partial charge in [0.25, 0.3) is 5.92 Å². The normalized spacial score (nSPS) is 28.2. The van der Waals surface area contributed by atoms with E-state index in [1.807, 2.05) is 30.3 Å². The second-order valence-electron chi connectivity index (χ2n) is 6.52. The molecule has 1 saturated heterocycles. The number of aliphatic carboxylic acids is 1. The zero-order valence-electron chi connectivity index (χ0n) is 13.0. The Hall–Kier alpha value is -2.18. The van der Waals surface area contributed by atoms with Gasteiger partial charge >= 0.3 is 12.1 Å². The molecule has 1 aromatic carbocycles. The van der Waals surface area contributed by atoms with Crippen LogP contribution in [-0.4, -0.2) is 41.1 Å². The largest absolute Gasteiger partial charge is 0.481 e. The summed E-state index contributed by atoms with van der Waals surface area (Å²) in [5, 5.41) is 9.10. The number of hydrogen-bond donors (Lipinski definition) is 1. The monoisotopic (exact) mass is 339 g/mol. The molecule has 2 unspecified atom stereocenters. The first-order valence-corrected chi connectivity index (χ1v) is 7.94. The van der Waals surface area contributed by atoms with Crippen LogP contribution in [0.25, 0.3) is 0 Å². The summed E-state index contributed by atoms with van der Waals surface area (Å²) in [4.78, 5) is 24.6. The van der Waals surface area contributed by atoms with E-state index in [1.54, 1.807) is 0 Å². The summed E-state index contributed by atoms with van der Waals surface area (Å²) in [7, 11) is 0. The Bertz CT molecular complexity index is 604. The fourth-order valence-electron chi connectivity index (χ4n) is 3.59. The Balaban J connectivity index is 1.63. The van der Waals surface area contributed by atoms with Gasteiger partial charge in [-0.15, -0.1) is 0 Å². The van der Waals surface area contributed by atoms with Gasteiger partial charge in [-0.2, -0.15) is 0 Å². The number of amides is 1. The summed E-state index contributed by atoms with van der Waals surface area (Å²) in [5.41, 5.74) is 0.819. The van der Waals surface area contributed by atoms with Gasteiger partial charge in [0.2, 0.25) is 0 Å². The van der Waals surface area contributed by atoms with E-state index >= 15 is 0 Å². The molecule has 3 rings (SSSR count). The molecule has 1 heterocycles. The molecule has 5 nitrogen and oxygen atoms in total. The predicted octanol–water partition coefficient (Wildman–Crippen LogP) is 3.00. The average Bonchev–Trinajstić information content (AvgIpc) is 2.52. The fourth-order valence-corrected chi connectivity index (χ4v) is 3.59. The van der Waals surface area contributed by atoms with E-state index in [0.29, 0.717) is 0 Å². The average molecular weight is 339 g/mol. The third-order valence-corrected chi connectivity index (χ3v) is 4.92. The van der Waals surface area contributed by atoms with E-state index < -0.39 is 35.7 Å². The Labute approximate surface area is 138 Å². The Morgan fingerprint density at radius 2 is 1.75 bits per heavy atom. The molecule has 0 spiro atoms. The lowest BCUT2D eigenvalue weighted by Gasteiger charge is -2.48. The van der Waals surface area contributed by atoms with Crippen molar-refractivity contribution in [3.63, 3.8) is 0 Å². The molecule has 1 aromatic rings. The van der Waals surface area contributed by atoms with Gasteiger partial charge in [0, 0.05) is 24.9 Å². The minimum atomic E-state index is -2.93. The van der Waals surface area contributed by atoms with Gasteiger partial charge in [-0.05, 0) is 18.4 Å². The quantitative estimate of drug-likeness (QED) is 0.919. The zero-order valence-corrected chi connectivity index (χ0v) is 13.0. The number of likely N-dealkylation sites (tertiary alicyclic amines) is 1. The Kier molecular flexibility index (Phi) is 4.43. The van der Waals surface area contributed by atoms with Crippen molar-refractivity contribution in [3.8, 4) is 0 Å². The molecule has 1 N–H and O–H groups in total. The number of piperidine rings is 1. The number of nitrogens with zero attached hydrogens (tertiary/aromatic N) is 1. The maximum atomic E-state index is 14.3. The van der Waals surface area contributed by atoms with Crippen LogP contribution in [0.5, 0.6) is 0 Å². The van der Waals surface area contributed by atoms with E-state index in [1.165, 1.54) is 4.90 Å². The highest BCUT2D eigenvalue weighted by atomic mass is 19.3. The highest BCUT2D eigenvalue weighted by molar-refractivity contribution is 5.71. The molecule has 1 aliphatic heterocycles. The number of carboxylic acids is 1. The van der Waals surface area contributed by atoms with E-state index in [-0.39, 0.29) is 32.5 Å². The van der Waals surface area contributed by atoms with Crippen LogP contribution in [-0.2, 0) is 16.1 Å². The second kappa shape index (κ2) is 6.37. The van der Waals surface area contributed by atoms with Crippen LogP contribution in [0.15, 0.2) is 30.3 Å². The maximum absolute atomic E-state index is 14.3. The first kappa shape index (κ1) is 16.7. The summed E-state index contributed by atoms with van der Waals surface area (Å²) in [6.45, 7) is -0.249. The number of hydrogen-bond acceptors (Lipinski definition) is 3. The number of carbonyl (C=O) groups excluding carboxylic acids is 1. The summed E-state index contributed by atoms with van der Waals surface area (Å²) in [5.74, 6) is -6.99. The van der Waals surface area contributed by atoms with Gasteiger partial charge < -0.3 is 14.7 Å². The maximum Gasteiger partial charge on any atom is 0.410 e. The lowest BCUT2D eigenvalue weighted by molar-refractivity contribution is -0.185. The number of fused-ring (bicyclic) bond motifs is 2. The fraction of sp³-hybridized carbons (Fsp3) is 0.529. The van der Waals surface area contributed by atoms with Gasteiger partial charge in [-0.3, -0.25) is 4.79 Å². The van der Waals surface area contributed by atoms with E-state index in [4.69, 9.17) is 9.84 Å². The molecule has 130 valence electrons. The summed E-state index contributed by atoms with van der Waals surface area (Å²) in [6, 6.07) is 9.11. The molecule has 1 saturated carbocycles. The molecule has 2 bridgehead atoms. The molecule has 1 amide bonds.